The summed E-state index contributed by atoms with van der Waals surface area (Å²) >= 11 is 0. The molecule has 2 aromatic carbocycles. The van der Waals surface area contributed by atoms with E-state index in [1.54, 1.807) is 25.3 Å². The number of rotatable bonds is 7. The molecule has 0 saturated heterocycles. The highest BCUT2D eigenvalue weighted by Gasteiger charge is 2.21. The third-order valence-electron chi connectivity index (χ3n) is 3.77. The minimum absolute atomic E-state index is 0. The van der Waals surface area contributed by atoms with Gasteiger partial charge in [0.25, 0.3) is 0 Å². The molecule has 0 amide bonds. The Morgan fingerprint density at radius 1 is 1.09 bits per heavy atom. The molecule has 1 saturated carbocycles. The van der Waals surface area contributed by atoms with Crippen LogP contribution in [0.3, 0.4) is 0 Å². The summed E-state index contributed by atoms with van der Waals surface area (Å²) in [7, 11) is 1.61. The summed E-state index contributed by atoms with van der Waals surface area (Å²) in [4.78, 5) is 0. The first kappa shape index (κ1) is 17.6. The number of halogens is 2. The standard InChI is InChI=1S/C18H20FNO2.ClH/c1-21-17-8-4-6-13(11-20-15-9-10-15)18(17)22-12-14-5-2-3-7-16(14)19;/h2-8,15,20H,9-12H2,1H3;1H. The Hall–Kier alpha value is -1.78. The van der Waals surface area contributed by atoms with Crippen molar-refractivity contribution in [2.75, 3.05) is 7.11 Å². The number of para-hydroxylation sites is 1. The summed E-state index contributed by atoms with van der Waals surface area (Å²) in [6, 6.07) is 13.1. The van der Waals surface area contributed by atoms with E-state index in [1.807, 2.05) is 18.2 Å². The number of ether oxygens (including phenoxy) is 2. The molecule has 0 atom stereocenters. The highest BCUT2D eigenvalue weighted by Crippen LogP contribution is 2.32. The molecule has 1 aliphatic carbocycles. The fourth-order valence-electron chi connectivity index (χ4n) is 2.33. The van der Waals surface area contributed by atoms with Crippen molar-refractivity contribution in [3.63, 3.8) is 0 Å². The molecule has 1 aliphatic rings. The predicted octanol–water partition coefficient (Wildman–Crippen LogP) is 4.09. The van der Waals surface area contributed by atoms with Crippen molar-refractivity contribution >= 4 is 12.4 Å². The van der Waals surface area contributed by atoms with Crippen molar-refractivity contribution in [3.05, 3.63) is 59.4 Å². The van der Waals surface area contributed by atoms with Crippen LogP contribution in [-0.2, 0) is 13.2 Å². The number of hydrogen-bond donors (Lipinski definition) is 1. The van der Waals surface area contributed by atoms with E-state index in [0.717, 1.165) is 12.1 Å². The lowest BCUT2D eigenvalue weighted by Gasteiger charge is -2.16. The van der Waals surface area contributed by atoms with Crippen molar-refractivity contribution in [1.29, 1.82) is 0 Å². The van der Waals surface area contributed by atoms with Crippen molar-refractivity contribution < 1.29 is 13.9 Å². The summed E-state index contributed by atoms with van der Waals surface area (Å²) in [6.45, 7) is 0.915. The maximum absolute atomic E-state index is 13.7. The lowest BCUT2D eigenvalue weighted by molar-refractivity contribution is 0.276. The van der Waals surface area contributed by atoms with Gasteiger partial charge < -0.3 is 14.8 Å². The second-order valence-corrected chi connectivity index (χ2v) is 5.48. The van der Waals surface area contributed by atoms with Crippen molar-refractivity contribution in [3.8, 4) is 11.5 Å². The third-order valence-corrected chi connectivity index (χ3v) is 3.77. The summed E-state index contributed by atoms with van der Waals surface area (Å²) in [5.74, 6) is 1.10. The van der Waals surface area contributed by atoms with Crippen LogP contribution in [0.5, 0.6) is 11.5 Å². The zero-order valence-corrected chi connectivity index (χ0v) is 13.9. The molecule has 0 unspecified atom stereocenters. The first-order valence-corrected chi connectivity index (χ1v) is 7.53. The molecule has 0 bridgehead atoms. The summed E-state index contributed by atoms with van der Waals surface area (Å²) in [5, 5.41) is 3.46. The Morgan fingerprint density at radius 3 is 2.52 bits per heavy atom. The zero-order valence-electron chi connectivity index (χ0n) is 13.0. The number of benzene rings is 2. The molecule has 0 radical (unpaired) electrons. The molecule has 0 aliphatic heterocycles. The minimum Gasteiger partial charge on any atom is -0.493 e. The lowest BCUT2D eigenvalue weighted by Crippen LogP contribution is -2.16. The summed E-state index contributed by atoms with van der Waals surface area (Å²) in [6.07, 6.45) is 2.46. The number of nitrogens with one attached hydrogen (secondary N) is 1. The van der Waals surface area contributed by atoms with Crippen LogP contribution in [-0.4, -0.2) is 13.2 Å². The molecular weight excluding hydrogens is 317 g/mol. The SMILES string of the molecule is COc1cccc(CNC2CC2)c1OCc1ccccc1F.Cl. The van der Waals surface area contributed by atoms with Crippen LogP contribution in [0.4, 0.5) is 4.39 Å². The van der Waals surface area contributed by atoms with Gasteiger partial charge in [-0.3, -0.25) is 0 Å². The molecule has 0 heterocycles. The first-order chi connectivity index (χ1) is 10.8. The number of hydrogen-bond acceptors (Lipinski definition) is 3. The number of methoxy groups -OCH3 is 1. The topological polar surface area (TPSA) is 30.5 Å². The van der Waals surface area contributed by atoms with Crippen LogP contribution in [0, 0.1) is 5.82 Å². The van der Waals surface area contributed by atoms with Gasteiger partial charge >= 0.3 is 0 Å². The molecule has 0 aromatic heterocycles. The zero-order chi connectivity index (χ0) is 15.4. The summed E-state index contributed by atoms with van der Waals surface area (Å²) < 4.78 is 25.0. The molecule has 1 fully saturated rings. The lowest BCUT2D eigenvalue weighted by atomic mass is 10.1. The Labute approximate surface area is 142 Å². The van der Waals surface area contributed by atoms with Gasteiger partial charge in [-0.2, -0.15) is 0 Å². The van der Waals surface area contributed by atoms with E-state index >= 15 is 0 Å². The fraction of sp³-hybridized carbons (Fsp3) is 0.333. The Morgan fingerprint density at radius 2 is 1.83 bits per heavy atom. The van der Waals surface area contributed by atoms with Gasteiger partial charge in [-0.15, -0.1) is 12.4 Å². The third kappa shape index (κ3) is 4.60. The largest absolute Gasteiger partial charge is 0.493 e. The maximum Gasteiger partial charge on any atom is 0.166 e. The molecule has 2 aromatic rings. The molecular formula is C18H21ClFNO2. The van der Waals surface area contributed by atoms with Crippen molar-refractivity contribution in [2.24, 2.45) is 0 Å². The maximum atomic E-state index is 13.7. The van der Waals surface area contributed by atoms with Crippen molar-refractivity contribution in [1.82, 2.24) is 5.32 Å². The molecule has 3 rings (SSSR count). The van der Waals surface area contributed by atoms with Gasteiger partial charge in [0.1, 0.15) is 12.4 Å². The smallest absolute Gasteiger partial charge is 0.166 e. The van der Waals surface area contributed by atoms with Gasteiger partial charge in [-0.25, -0.2) is 4.39 Å². The van der Waals surface area contributed by atoms with Crippen LogP contribution in [0.25, 0.3) is 0 Å². The van der Waals surface area contributed by atoms with E-state index in [1.165, 1.54) is 18.9 Å². The first-order valence-electron chi connectivity index (χ1n) is 7.53. The van der Waals surface area contributed by atoms with E-state index in [2.05, 4.69) is 5.32 Å². The summed E-state index contributed by atoms with van der Waals surface area (Å²) in [5.41, 5.74) is 1.57. The predicted molar refractivity (Wildman–Crippen MR) is 90.8 cm³/mol. The van der Waals surface area contributed by atoms with E-state index in [-0.39, 0.29) is 24.8 Å². The van der Waals surface area contributed by atoms with Crippen LogP contribution >= 0.6 is 12.4 Å². The van der Waals surface area contributed by atoms with E-state index in [0.29, 0.717) is 23.1 Å². The fourth-order valence-corrected chi connectivity index (χ4v) is 2.33. The van der Waals surface area contributed by atoms with Gasteiger partial charge in [-0.1, -0.05) is 30.3 Å². The van der Waals surface area contributed by atoms with Crippen LogP contribution in [0.1, 0.15) is 24.0 Å². The Kier molecular flexibility index (Phi) is 6.25. The quantitative estimate of drug-likeness (QED) is 0.825. The van der Waals surface area contributed by atoms with E-state index in [4.69, 9.17) is 9.47 Å². The molecule has 1 N–H and O–H groups in total. The normalized spacial score (nSPS) is 13.3. The second-order valence-electron chi connectivity index (χ2n) is 5.48. The molecule has 3 nitrogen and oxygen atoms in total. The van der Waals surface area contributed by atoms with Gasteiger partial charge in [0.05, 0.1) is 7.11 Å². The Bertz CT molecular complexity index is 647. The average Bonchev–Trinajstić information content (AvgIpc) is 3.36. The van der Waals surface area contributed by atoms with E-state index < -0.39 is 0 Å². The molecule has 124 valence electrons. The van der Waals surface area contributed by atoms with Crippen LogP contribution < -0.4 is 14.8 Å². The van der Waals surface area contributed by atoms with Crippen LogP contribution in [0.15, 0.2) is 42.5 Å². The van der Waals surface area contributed by atoms with Gasteiger partial charge in [-0.05, 0) is 25.0 Å². The molecule has 0 spiro atoms. The van der Waals surface area contributed by atoms with E-state index in [9.17, 15) is 4.39 Å². The van der Waals surface area contributed by atoms with Gasteiger partial charge in [0.15, 0.2) is 11.5 Å². The highest BCUT2D eigenvalue weighted by atomic mass is 35.5. The monoisotopic (exact) mass is 337 g/mol. The molecule has 23 heavy (non-hydrogen) atoms. The van der Waals surface area contributed by atoms with Crippen LogP contribution in [0.2, 0.25) is 0 Å². The Balaban J connectivity index is 0.00000192. The highest BCUT2D eigenvalue weighted by molar-refractivity contribution is 5.85. The molecule has 5 heteroatoms. The van der Waals surface area contributed by atoms with Crippen molar-refractivity contribution in [2.45, 2.75) is 32.0 Å². The average molecular weight is 338 g/mol. The second kappa shape index (κ2) is 8.18. The van der Waals surface area contributed by atoms with Gasteiger partial charge in [0, 0.05) is 23.7 Å². The minimum atomic E-state index is -0.255. The van der Waals surface area contributed by atoms with Gasteiger partial charge in [0.2, 0.25) is 0 Å².